The molecule has 0 spiro atoms. The first-order valence-electron chi connectivity index (χ1n) is 7.48. The average Bonchev–Trinajstić information content (AvgIpc) is 2.68. The van der Waals surface area contributed by atoms with Crippen molar-refractivity contribution in [2.75, 3.05) is 13.1 Å². The van der Waals surface area contributed by atoms with Crippen molar-refractivity contribution in [1.82, 2.24) is 5.32 Å². The number of benzene rings is 1. The van der Waals surface area contributed by atoms with Gasteiger partial charge in [0.05, 0.1) is 0 Å². The van der Waals surface area contributed by atoms with Crippen LogP contribution in [0.3, 0.4) is 0 Å². The van der Waals surface area contributed by atoms with Crippen LogP contribution in [0.1, 0.15) is 33.3 Å². The Morgan fingerprint density at radius 1 is 1.20 bits per heavy atom. The van der Waals surface area contributed by atoms with Crippen LogP contribution < -0.4 is 10.1 Å². The molecule has 0 amide bonds. The van der Waals surface area contributed by atoms with Crippen LogP contribution in [-0.2, 0) is 6.42 Å². The molecule has 20 heavy (non-hydrogen) atoms. The van der Waals surface area contributed by atoms with Crippen LogP contribution in [0, 0.1) is 16.7 Å². The summed E-state index contributed by atoms with van der Waals surface area (Å²) in [6.07, 6.45) is 1.20. The third-order valence-corrected chi connectivity index (χ3v) is 6.04. The molecule has 3 heteroatoms. The Hall–Kier alpha value is -0.730. The maximum atomic E-state index is 6.02. The Bertz CT molecular complexity index is 510. The van der Waals surface area contributed by atoms with Gasteiger partial charge in [0, 0.05) is 18.0 Å². The Labute approximate surface area is 126 Å². The van der Waals surface area contributed by atoms with Crippen LogP contribution in [0.2, 0.25) is 5.02 Å². The molecule has 2 nitrogen and oxygen atoms in total. The van der Waals surface area contributed by atoms with Crippen molar-refractivity contribution in [3.05, 3.63) is 28.8 Å². The van der Waals surface area contributed by atoms with E-state index in [1.165, 1.54) is 5.56 Å². The monoisotopic (exact) mass is 293 g/mol. The first-order valence-corrected chi connectivity index (χ1v) is 7.86. The van der Waals surface area contributed by atoms with E-state index in [4.69, 9.17) is 16.3 Å². The molecule has 1 saturated carbocycles. The number of nitrogens with one attached hydrogen (secondary N) is 1. The number of fused-ring (bicyclic) bond motifs is 1. The minimum absolute atomic E-state index is 0.244. The van der Waals surface area contributed by atoms with Gasteiger partial charge in [-0.25, -0.2) is 0 Å². The Kier molecular flexibility index (Phi) is 3.30. The van der Waals surface area contributed by atoms with Crippen LogP contribution >= 0.6 is 11.6 Å². The van der Waals surface area contributed by atoms with Gasteiger partial charge < -0.3 is 10.1 Å². The Balaban J connectivity index is 1.48. The highest BCUT2D eigenvalue weighted by Gasteiger charge is 2.63. The maximum Gasteiger partial charge on any atom is 0.123 e. The fraction of sp³-hybridized carbons (Fsp3) is 0.647. The van der Waals surface area contributed by atoms with Gasteiger partial charge in [-0.1, -0.05) is 39.3 Å². The summed E-state index contributed by atoms with van der Waals surface area (Å²) in [5.74, 6) is 1.75. The quantitative estimate of drug-likeness (QED) is 0.908. The van der Waals surface area contributed by atoms with E-state index in [1.807, 2.05) is 18.2 Å². The number of hydrogen-bond acceptors (Lipinski definition) is 2. The summed E-state index contributed by atoms with van der Waals surface area (Å²) < 4.78 is 5.95. The highest BCUT2D eigenvalue weighted by Crippen LogP contribution is 2.67. The van der Waals surface area contributed by atoms with E-state index >= 15 is 0 Å². The summed E-state index contributed by atoms with van der Waals surface area (Å²) in [4.78, 5) is 0. The van der Waals surface area contributed by atoms with E-state index in [0.29, 0.717) is 10.8 Å². The number of hydrogen-bond donors (Lipinski definition) is 1. The average molecular weight is 294 g/mol. The van der Waals surface area contributed by atoms with Crippen molar-refractivity contribution in [2.24, 2.45) is 16.7 Å². The van der Waals surface area contributed by atoms with E-state index in [0.717, 1.165) is 36.2 Å². The van der Waals surface area contributed by atoms with Gasteiger partial charge >= 0.3 is 0 Å². The molecule has 2 aliphatic rings. The lowest BCUT2D eigenvalue weighted by Gasteiger charge is -2.12. The fourth-order valence-corrected chi connectivity index (χ4v) is 3.83. The zero-order valence-electron chi connectivity index (χ0n) is 12.8. The summed E-state index contributed by atoms with van der Waals surface area (Å²) in [5.41, 5.74) is 2.14. The molecule has 3 rings (SSSR count). The SMILES string of the molecule is CC1(C)C(CNCC2Cc3cc(Cl)ccc3O2)C1(C)C. The molecule has 0 saturated heterocycles. The van der Waals surface area contributed by atoms with Crippen molar-refractivity contribution >= 4 is 11.6 Å². The lowest BCUT2D eigenvalue weighted by Crippen LogP contribution is -2.32. The molecule has 1 aromatic rings. The van der Waals surface area contributed by atoms with Crippen LogP contribution in [0.5, 0.6) is 5.75 Å². The molecule has 1 aliphatic carbocycles. The van der Waals surface area contributed by atoms with Crippen LogP contribution in [0.15, 0.2) is 18.2 Å². The lowest BCUT2D eigenvalue weighted by atomic mass is 10.0. The zero-order valence-corrected chi connectivity index (χ0v) is 13.6. The fourth-order valence-electron chi connectivity index (χ4n) is 3.64. The standard InChI is InChI=1S/C17H24ClNO/c1-16(2)15(17(16,3)4)10-19-9-13-8-11-7-12(18)5-6-14(11)20-13/h5-7,13,15,19H,8-10H2,1-4H3. The summed E-state index contributed by atoms with van der Waals surface area (Å²) in [6, 6.07) is 5.89. The predicted octanol–water partition coefficient (Wildman–Crippen LogP) is 3.92. The van der Waals surface area contributed by atoms with Gasteiger partial charge in [0.1, 0.15) is 11.9 Å². The molecular weight excluding hydrogens is 270 g/mol. The van der Waals surface area contributed by atoms with Gasteiger partial charge in [0.2, 0.25) is 0 Å². The van der Waals surface area contributed by atoms with Crippen LogP contribution in [-0.4, -0.2) is 19.2 Å². The molecule has 1 unspecified atom stereocenters. The summed E-state index contributed by atoms with van der Waals surface area (Å²) in [5, 5.41) is 4.39. The molecule has 110 valence electrons. The molecule has 1 aliphatic heterocycles. The van der Waals surface area contributed by atoms with Crippen LogP contribution in [0.25, 0.3) is 0 Å². The van der Waals surface area contributed by atoms with Crippen molar-refractivity contribution in [3.63, 3.8) is 0 Å². The zero-order chi connectivity index (χ0) is 14.5. The van der Waals surface area contributed by atoms with E-state index in [1.54, 1.807) is 0 Å². The van der Waals surface area contributed by atoms with E-state index in [2.05, 4.69) is 33.0 Å². The van der Waals surface area contributed by atoms with E-state index in [9.17, 15) is 0 Å². The molecule has 0 bridgehead atoms. The Morgan fingerprint density at radius 2 is 1.90 bits per heavy atom. The van der Waals surface area contributed by atoms with Gasteiger partial charge in [0.15, 0.2) is 0 Å². The summed E-state index contributed by atoms with van der Waals surface area (Å²) in [7, 11) is 0. The molecule has 1 aromatic carbocycles. The van der Waals surface area contributed by atoms with Crippen molar-refractivity contribution in [3.8, 4) is 5.75 Å². The van der Waals surface area contributed by atoms with E-state index in [-0.39, 0.29) is 6.10 Å². The number of rotatable bonds is 4. The van der Waals surface area contributed by atoms with Crippen molar-refractivity contribution < 1.29 is 4.74 Å². The largest absolute Gasteiger partial charge is 0.488 e. The second-order valence-electron chi connectivity index (χ2n) is 7.35. The summed E-state index contributed by atoms with van der Waals surface area (Å²) in [6.45, 7) is 11.4. The highest BCUT2D eigenvalue weighted by atomic mass is 35.5. The first-order chi connectivity index (χ1) is 9.32. The second-order valence-corrected chi connectivity index (χ2v) is 7.79. The minimum Gasteiger partial charge on any atom is -0.488 e. The highest BCUT2D eigenvalue weighted by molar-refractivity contribution is 6.30. The Morgan fingerprint density at radius 3 is 2.55 bits per heavy atom. The third kappa shape index (κ3) is 2.23. The maximum absolute atomic E-state index is 6.02. The second kappa shape index (κ2) is 4.64. The van der Waals surface area contributed by atoms with E-state index < -0.39 is 0 Å². The normalized spacial score (nSPS) is 26.1. The molecule has 0 radical (unpaired) electrons. The first kappa shape index (κ1) is 14.2. The van der Waals surface area contributed by atoms with Gasteiger partial charge in [-0.05, 0) is 47.1 Å². The smallest absolute Gasteiger partial charge is 0.123 e. The third-order valence-electron chi connectivity index (χ3n) is 5.80. The van der Waals surface area contributed by atoms with Crippen molar-refractivity contribution in [2.45, 2.75) is 40.2 Å². The van der Waals surface area contributed by atoms with Gasteiger partial charge in [0.25, 0.3) is 0 Å². The predicted molar refractivity (Wildman–Crippen MR) is 83.5 cm³/mol. The molecule has 0 aromatic heterocycles. The number of ether oxygens (including phenoxy) is 1. The number of halogens is 1. The lowest BCUT2D eigenvalue weighted by molar-refractivity contribution is 0.226. The summed E-state index contributed by atoms with van der Waals surface area (Å²) >= 11 is 6.02. The minimum atomic E-state index is 0.244. The molecule has 1 N–H and O–H groups in total. The van der Waals surface area contributed by atoms with Gasteiger partial charge in [-0.15, -0.1) is 0 Å². The topological polar surface area (TPSA) is 21.3 Å². The van der Waals surface area contributed by atoms with Crippen LogP contribution in [0.4, 0.5) is 0 Å². The van der Waals surface area contributed by atoms with Crippen molar-refractivity contribution in [1.29, 1.82) is 0 Å². The molecule has 1 atom stereocenters. The van der Waals surface area contributed by atoms with Gasteiger partial charge in [-0.3, -0.25) is 0 Å². The molecule has 1 heterocycles. The molecular formula is C17H24ClNO. The molecule has 1 fully saturated rings. The van der Waals surface area contributed by atoms with Gasteiger partial charge in [-0.2, -0.15) is 0 Å².